The van der Waals surface area contributed by atoms with Crippen molar-refractivity contribution in [2.24, 2.45) is 5.92 Å². The third-order valence-electron chi connectivity index (χ3n) is 4.82. The minimum absolute atomic E-state index is 0.0194. The van der Waals surface area contributed by atoms with Crippen LogP contribution in [0.25, 0.3) is 22.0 Å². The van der Waals surface area contributed by atoms with Crippen molar-refractivity contribution in [3.05, 3.63) is 53.2 Å². The summed E-state index contributed by atoms with van der Waals surface area (Å²) in [5, 5.41) is 3.44. The Morgan fingerprint density at radius 3 is 2.70 bits per heavy atom. The van der Waals surface area contributed by atoms with E-state index in [2.05, 4.69) is 15.3 Å². The standard InChI is InChI=1S/C21H22N4O2/c1-2-9-25-13-23-18-7-5-15(11-17(18)21(25)27)16-6-8-19(22-12-16)24-20(26)10-14-3-4-14/h5-8,11-14H,2-4,9-10H2,1H3,(H,22,24,26). The summed E-state index contributed by atoms with van der Waals surface area (Å²) in [4.78, 5) is 33.2. The van der Waals surface area contributed by atoms with Gasteiger partial charge in [0, 0.05) is 24.7 Å². The van der Waals surface area contributed by atoms with E-state index in [0.717, 1.165) is 30.4 Å². The lowest BCUT2D eigenvalue weighted by Crippen LogP contribution is -2.20. The van der Waals surface area contributed by atoms with E-state index < -0.39 is 0 Å². The Kier molecular flexibility index (Phi) is 4.71. The number of anilines is 1. The molecule has 2 heterocycles. The van der Waals surface area contributed by atoms with Crippen molar-refractivity contribution in [2.45, 2.75) is 39.2 Å². The molecule has 1 fully saturated rings. The Morgan fingerprint density at radius 1 is 1.19 bits per heavy atom. The van der Waals surface area contributed by atoms with Crippen LogP contribution in [-0.4, -0.2) is 20.4 Å². The molecule has 138 valence electrons. The van der Waals surface area contributed by atoms with E-state index in [9.17, 15) is 9.59 Å². The minimum atomic E-state index is -0.0272. The van der Waals surface area contributed by atoms with Gasteiger partial charge in [0.1, 0.15) is 5.82 Å². The molecule has 1 aromatic carbocycles. The molecular formula is C21H22N4O2. The second-order valence-electron chi connectivity index (χ2n) is 7.10. The third-order valence-corrected chi connectivity index (χ3v) is 4.82. The summed E-state index contributed by atoms with van der Waals surface area (Å²) < 4.78 is 1.64. The molecule has 0 spiro atoms. The number of hydrogen-bond acceptors (Lipinski definition) is 4. The number of pyridine rings is 1. The molecule has 0 bridgehead atoms. The monoisotopic (exact) mass is 362 g/mol. The van der Waals surface area contributed by atoms with Crippen molar-refractivity contribution in [3.63, 3.8) is 0 Å². The summed E-state index contributed by atoms with van der Waals surface area (Å²) in [6.07, 6.45) is 7.08. The van der Waals surface area contributed by atoms with Crippen LogP contribution in [-0.2, 0) is 11.3 Å². The first-order valence-electron chi connectivity index (χ1n) is 9.39. The fourth-order valence-electron chi connectivity index (χ4n) is 3.16. The predicted molar refractivity (Wildman–Crippen MR) is 105 cm³/mol. The Balaban J connectivity index is 1.58. The molecule has 0 aliphatic heterocycles. The van der Waals surface area contributed by atoms with Crippen molar-refractivity contribution in [1.82, 2.24) is 14.5 Å². The van der Waals surface area contributed by atoms with E-state index in [4.69, 9.17) is 0 Å². The molecule has 1 aliphatic rings. The molecular weight excluding hydrogens is 340 g/mol. The van der Waals surface area contributed by atoms with Gasteiger partial charge in [0.15, 0.2) is 0 Å². The minimum Gasteiger partial charge on any atom is -0.311 e. The lowest BCUT2D eigenvalue weighted by molar-refractivity contribution is -0.116. The van der Waals surface area contributed by atoms with Crippen LogP contribution in [0.3, 0.4) is 0 Å². The van der Waals surface area contributed by atoms with Crippen LogP contribution < -0.4 is 10.9 Å². The number of aryl methyl sites for hydroxylation is 1. The van der Waals surface area contributed by atoms with Crippen molar-refractivity contribution >= 4 is 22.6 Å². The topological polar surface area (TPSA) is 76.9 Å². The molecule has 27 heavy (non-hydrogen) atoms. The highest BCUT2D eigenvalue weighted by atomic mass is 16.1. The summed E-state index contributed by atoms with van der Waals surface area (Å²) in [5.41, 5.74) is 2.45. The van der Waals surface area contributed by atoms with Crippen LogP contribution in [0, 0.1) is 5.92 Å². The zero-order valence-corrected chi connectivity index (χ0v) is 15.3. The molecule has 3 aromatic rings. The summed E-state index contributed by atoms with van der Waals surface area (Å²) in [6, 6.07) is 9.35. The number of benzene rings is 1. The highest BCUT2D eigenvalue weighted by Crippen LogP contribution is 2.32. The first kappa shape index (κ1) is 17.4. The Bertz CT molecular complexity index is 1040. The molecule has 1 saturated carbocycles. The second kappa shape index (κ2) is 7.31. The lowest BCUT2D eigenvalue weighted by Gasteiger charge is -2.08. The van der Waals surface area contributed by atoms with Gasteiger partial charge in [0.2, 0.25) is 5.91 Å². The van der Waals surface area contributed by atoms with Gasteiger partial charge >= 0.3 is 0 Å². The summed E-state index contributed by atoms with van der Waals surface area (Å²) >= 11 is 0. The molecule has 1 aliphatic carbocycles. The molecule has 0 unspecified atom stereocenters. The van der Waals surface area contributed by atoms with E-state index in [-0.39, 0.29) is 11.5 Å². The maximum Gasteiger partial charge on any atom is 0.261 e. The number of rotatable bonds is 6. The highest BCUT2D eigenvalue weighted by molar-refractivity contribution is 5.90. The highest BCUT2D eigenvalue weighted by Gasteiger charge is 2.24. The van der Waals surface area contributed by atoms with Crippen LogP contribution in [0.4, 0.5) is 5.82 Å². The smallest absolute Gasteiger partial charge is 0.261 e. The normalized spacial score (nSPS) is 13.7. The van der Waals surface area contributed by atoms with Gasteiger partial charge in [-0.3, -0.25) is 14.2 Å². The second-order valence-corrected chi connectivity index (χ2v) is 7.10. The van der Waals surface area contributed by atoms with Gasteiger partial charge in [-0.05, 0) is 55.0 Å². The molecule has 0 radical (unpaired) electrons. The average Bonchev–Trinajstić information content (AvgIpc) is 3.48. The Hall–Kier alpha value is -3.02. The SMILES string of the molecule is CCCn1cnc2ccc(-c3ccc(NC(=O)CC4CC4)nc3)cc2c1=O. The van der Waals surface area contributed by atoms with E-state index in [1.54, 1.807) is 23.2 Å². The molecule has 2 aromatic heterocycles. The number of nitrogens with one attached hydrogen (secondary N) is 1. The van der Waals surface area contributed by atoms with E-state index in [1.165, 1.54) is 0 Å². The first-order valence-corrected chi connectivity index (χ1v) is 9.39. The van der Waals surface area contributed by atoms with Crippen molar-refractivity contribution < 1.29 is 4.79 Å². The van der Waals surface area contributed by atoms with E-state index in [1.807, 2.05) is 31.2 Å². The number of carbonyl (C=O) groups excluding carboxylic acids is 1. The number of carbonyl (C=O) groups is 1. The van der Waals surface area contributed by atoms with Gasteiger partial charge in [-0.25, -0.2) is 9.97 Å². The number of amides is 1. The van der Waals surface area contributed by atoms with Crippen molar-refractivity contribution in [1.29, 1.82) is 0 Å². The maximum absolute atomic E-state index is 12.6. The van der Waals surface area contributed by atoms with Gasteiger partial charge in [0.05, 0.1) is 17.2 Å². The van der Waals surface area contributed by atoms with Crippen molar-refractivity contribution in [2.75, 3.05) is 5.32 Å². The van der Waals surface area contributed by atoms with Gasteiger partial charge in [0.25, 0.3) is 5.56 Å². The number of nitrogens with zero attached hydrogens (tertiary/aromatic N) is 3. The fraction of sp³-hybridized carbons (Fsp3) is 0.333. The van der Waals surface area contributed by atoms with Crippen LogP contribution >= 0.6 is 0 Å². The molecule has 6 heteroatoms. The van der Waals surface area contributed by atoms with Gasteiger partial charge < -0.3 is 5.32 Å². The molecule has 1 amide bonds. The van der Waals surface area contributed by atoms with Crippen LogP contribution in [0.5, 0.6) is 0 Å². The molecule has 0 atom stereocenters. The van der Waals surface area contributed by atoms with Crippen molar-refractivity contribution in [3.8, 4) is 11.1 Å². The lowest BCUT2D eigenvalue weighted by atomic mass is 10.1. The Morgan fingerprint density at radius 2 is 2.00 bits per heavy atom. The van der Waals surface area contributed by atoms with Gasteiger partial charge in [-0.2, -0.15) is 0 Å². The third kappa shape index (κ3) is 3.89. The van der Waals surface area contributed by atoms with Gasteiger partial charge in [-0.1, -0.05) is 13.0 Å². The molecule has 4 rings (SSSR count). The predicted octanol–water partition coefficient (Wildman–Crippen LogP) is 3.61. The molecule has 6 nitrogen and oxygen atoms in total. The van der Waals surface area contributed by atoms with Crippen LogP contribution in [0.2, 0.25) is 0 Å². The fourth-order valence-corrected chi connectivity index (χ4v) is 3.16. The quantitative estimate of drug-likeness (QED) is 0.727. The largest absolute Gasteiger partial charge is 0.311 e. The van der Waals surface area contributed by atoms with E-state index in [0.29, 0.717) is 35.6 Å². The Labute approximate surface area is 157 Å². The first-order chi connectivity index (χ1) is 13.1. The summed E-state index contributed by atoms with van der Waals surface area (Å²) in [5.74, 6) is 1.12. The molecule has 1 N–H and O–H groups in total. The number of aromatic nitrogens is 3. The van der Waals surface area contributed by atoms with Crippen LogP contribution in [0.1, 0.15) is 32.6 Å². The zero-order valence-electron chi connectivity index (χ0n) is 15.3. The van der Waals surface area contributed by atoms with Crippen LogP contribution in [0.15, 0.2) is 47.7 Å². The van der Waals surface area contributed by atoms with E-state index >= 15 is 0 Å². The summed E-state index contributed by atoms with van der Waals surface area (Å²) in [6.45, 7) is 2.69. The maximum atomic E-state index is 12.6. The zero-order chi connectivity index (χ0) is 18.8. The number of hydrogen-bond donors (Lipinski definition) is 1. The average molecular weight is 362 g/mol. The molecule has 0 saturated heterocycles. The summed E-state index contributed by atoms with van der Waals surface area (Å²) in [7, 11) is 0. The number of fused-ring (bicyclic) bond motifs is 1. The van der Waals surface area contributed by atoms with Gasteiger partial charge in [-0.15, -0.1) is 0 Å².